The van der Waals surface area contributed by atoms with E-state index in [1.165, 1.54) is 61.0 Å². The smallest absolute Gasteiger partial charge is 0.259 e. The van der Waals surface area contributed by atoms with Crippen LogP contribution >= 0.6 is 0 Å². The van der Waals surface area contributed by atoms with Crippen molar-refractivity contribution in [1.29, 1.82) is 0 Å². The number of nitrogens with zero attached hydrogens (tertiary/aromatic N) is 2. The van der Waals surface area contributed by atoms with E-state index in [1.54, 1.807) is 16.7 Å². The molecule has 0 spiro atoms. The second kappa shape index (κ2) is 16.2. The van der Waals surface area contributed by atoms with Crippen LogP contribution in [0.4, 0.5) is 5.69 Å². The Labute approximate surface area is 396 Å². The van der Waals surface area contributed by atoms with Crippen molar-refractivity contribution in [3.63, 3.8) is 0 Å². The number of rotatable bonds is 13. The van der Waals surface area contributed by atoms with Crippen LogP contribution in [-0.4, -0.2) is 23.4 Å². The minimum absolute atomic E-state index is 0.0451. The highest BCUT2D eigenvalue weighted by Crippen LogP contribution is 2.74. The largest absolute Gasteiger partial charge is 0.450 e. The number of aryl methyl sites for hydroxylation is 1. The predicted octanol–water partition coefficient (Wildman–Crippen LogP) is 17.4. The maximum Gasteiger partial charge on any atom is 0.259 e. The molecule has 2 fully saturated rings. The van der Waals surface area contributed by atoms with Gasteiger partial charge in [0.05, 0.1) is 6.04 Å². The zero-order chi connectivity index (χ0) is 46.5. The van der Waals surface area contributed by atoms with E-state index in [-0.39, 0.29) is 17.0 Å². The molecule has 1 saturated carbocycles. The molecule has 7 unspecified atom stereocenters. The Bertz CT molecular complexity index is 2960. The fraction of sp³-hybridized carbons (Fsp3) is 0.397. The van der Waals surface area contributed by atoms with Crippen molar-refractivity contribution in [3.05, 3.63) is 178 Å². The molecule has 340 valence electrons. The minimum atomic E-state index is -0.0575. The van der Waals surface area contributed by atoms with Gasteiger partial charge in [0.2, 0.25) is 6.67 Å². The van der Waals surface area contributed by atoms with E-state index in [4.69, 9.17) is 4.42 Å². The van der Waals surface area contributed by atoms with E-state index < -0.39 is 0 Å². The Morgan fingerprint density at radius 2 is 1.42 bits per heavy atom. The van der Waals surface area contributed by atoms with Crippen LogP contribution in [0.1, 0.15) is 153 Å². The lowest BCUT2D eigenvalue weighted by atomic mass is 9.71. The van der Waals surface area contributed by atoms with E-state index in [0.29, 0.717) is 29.7 Å². The number of allylic oxidation sites excluding steroid dienone is 5. The summed E-state index contributed by atoms with van der Waals surface area (Å²) < 4.78 is 8.63. The van der Waals surface area contributed by atoms with Gasteiger partial charge in [-0.2, -0.15) is 8.97 Å². The molecule has 7 atom stereocenters. The molecule has 3 nitrogen and oxygen atoms in total. The van der Waals surface area contributed by atoms with Crippen LogP contribution in [0.25, 0.3) is 38.6 Å². The first kappa shape index (κ1) is 44.6. The van der Waals surface area contributed by atoms with Crippen LogP contribution in [0.3, 0.4) is 0 Å². The molecule has 1 aromatic heterocycles. The normalized spacial score (nSPS) is 27.9. The van der Waals surface area contributed by atoms with E-state index in [9.17, 15) is 0 Å². The number of benzene rings is 5. The minimum Gasteiger partial charge on any atom is -0.450 e. The molecule has 11 rings (SSSR count). The lowest BCUT2D eigenvalue weighted by Gasteiger charge is -2.54. The Morgan fingerprint density at radius 1 is 0.742 bits per heavy atom. The molecule has 0 amide bonds. The number of furan rings is 1. The second-order valence-electron chi connectivity index (χ2n) is 21.8. The zero-order valence-electron chi connectivity index (χ0n) is 42.0. The first-order valence-electron chi connectivity index (χ1n) is 25.5. The molecule has 3 aliphatic heterocycles. The van der Waals surface area contributed by atoms with Gasteiger partial charge < -0.3 is 4.42 Å². The number of quaternary nitrogens is 2. The van der Waals surface area contributed by atoms with E-state index >= 15 is 0 Å². The van der Waals surface area contributed by atoms with Gasteiger partial charge in [-0.05, 0) is 138 Å². The molecular weight excluding hydrogens is 801 g/mol. The summed E-state index contributed by atoms with van der Waals surface area (Å²) in [5.41, 5.74) is 19.6. The molecule has 0 radical (unpaired) electrons. The molecule has 66 heavy (non-hydrogen) atoms. The van der Waals surface area contributed by atoms with Crippen molar-refractivity contribution in [2.75, 3.05) is 6.67 Å². The number of fused-ring (bicyclic) bond motifs is 3. The highest BCUT2D eigenvalue weighted by atomic mass is 16.3. The summed E-state index contributed by atoms with van der Waals surface area (Å²) in [5.74, 6) is 1.62. The molecule has 2 aliphatic carbocycles. The highest BCUT2D eigenvalue weighted by Gasteiger charge is 2.75. The van der Waals surface area contributed by atoms with Crippen molar-refractivity contribution in [2.24, 2.45) is 11.3 Å². The van der Waals surface area contributed by atoms with Gasteiger partial charge in [0.15, 0.2) is 23.7 Å². The van der Waals surface area contributed by atoms with Crippen molar-refractivity contribution >= 4 is 33.2 Å². The molecule has 3 heteroatoms. The highest BCUT2D eigenvalue weighted by molar-refractivity contribution is 6.09. The first-order valence-corrected chi connectivity index (χ1v) is 25.5. The molecular formula is C63H74N2O+2. The Morgan fingerprint density at radius 3 is 2.09 bits per heavy atom. The summed E-state index contributed by atoms with van der Waals surface area (Å²) in [4.78, 5) is 0. The van der Waals surface area contributed by atoms with Crippen LogP contribution in [0, 0.1) is 18.3 Å². The molecule has 2 bridgehead atoms. The molecule has 5 aliphatic rings. The van der Waals surface area contributed by atoms with Crippen LogP contribution in [0.15, 0.2) is 149 Å². The summed E-state index contributed by atoms with van der Waals surface area (Å²) in [6, 6.07) is 39.3. The molecule has 5 aromatic carbocycles. The van der Waals surface area contributed by atoms with Gasteiger partial charge in [0.25, 0.3) is 6.17 Å². The lowest BCUT2D eigenvalue weighted by Crippen LogP contribution is -2.80. The molecule has 4 heterocycles. The Kier molecular flexibility index (Phi) is 11.0. The van der Waals surface area contributed by atoms with Gasteiger partial charge >= 0.3 is 0 Å². The van der Waals surface area contributed by atoms with Crippen LogP contribution in [0.2, 0.25) is 0 Å². The maximum absolute atomic E-state index is 6.85. The van der Waals surface area contributed by atoms with Crippen molar-refractivity contribution in [2.45, 2.75) is 144 Å². The third-order valence-electron chi connectivity index (χ3n) is 17.8. The number of hydrogen-bond acceptors (Lipinski definition) is 1. The third kappa shape index (κ3) is 6.28. The van der Waals surface area contributed by atoms with E-state index in [1.807, 2.05) is 0 Å². The average molecular weight is 875 g/mol. The third-order valence-corrected chi connectivity index (χ3v) is 17.8. The van der Waals surface area contributed by atoms with Crippen LogP contribution in [0.5, 0.6) is 0 Å². The SMILES string of the molecule is CCC1=C(c2ccccc2C2(CC)C(=CC3[N+]4(c5c(C)ccc6c5oc5ccccc56)C=C[N+]3(C(C)C)C4)C2(C)CC)CC(C(C)c2c(C(C)C)cc(-c3ccccc3)cc2C(C)C)C=C1. The summed E-state index contributed by atoms with van der Waals surface area (Å²) in [5, 5.41) is 2.43. The lowest BCUT2D eigenvalue weighted by molar-refractivity contribution is -0.971. The van der Waals surface area contributed by atoms with Crippen molar-refractivity contribution in [3.8, 4) is 11.1 Å². The van der Waals surface area contributed by atoms with Gasteiger partial charge in [0.1, 0.15) is 5.58 Å². The Hall–Kier alpha value is -5.22. The number of hydrogen-bond donors (Lipinski definition) is 0. The van der Waals surface area contributed by atoms with Gasteiger partial charge in [-0.15, -0.1) is 0 Å². The van der Waals surface area contributed by atoms with Gasteiger partial charge in [0, 0.05) is 33.2 Å². The summed E-state index contributed by atoms with van der Waals surface area (Å²) in [6.45, 7) is 30.1. The van der Waals surface area contributed by atoms with Crippen molar-refractivity contribution < 1.29 is 8.90 Å². The molecule has 1 saturated heterocycles. The topological polar surface area (TPSA) is 13.1 Å². The van der Waals surface area contributed by atoms with Gasteiger partial charge in [-0.3, -0.25) is 0 Å². The Balaban J connectivity index is 1.07. The molecule has 6 aromatic rings. The monoisotopic (exact) mass is 875 g/mol. The zero-order valence-corrected chi connectivity index (χ0v) is 42.0. The van der Waals surface area contributed by atoms with Crippen molar-refractivity contribution in [1.82, 2.24) is 4.48 Å². The second-order valence-corrected chi connectivity index (χ2v) is 21.8. The van der Waals surface area contributed by atoms with E-state index in [0.717, 1.165) is 52.5 Å². The average Bonchev–Trinajstić information content (AvgIpc) is 3.73. The quantitative estimate of drug-likeness (QED) is 0.0832. The van der Waals surface area contributed by atoms with Gasteiger partial charge in [-0.25, -0.2) is 0 Å². The fourth-order valence-corrected chi connectivity index (χ4v) is 13.9. The summed E-state index contributed by atoms with van der Waals surface area (Å²) >= 11 is 0. The van der Waals surface area contributed by atoms with E-state index in [2.05, 4.69) is 217 Å². The number of para-hydroxylation sites is 1. The summed E-state index contributed by atoms with van der Waals surface area (Å²) in [6.07, 6.45) is 17.5. The molecule has 0 N–H and O–H groups in total. The fourth-order valence-electron chi connectivity index (χ4n) is 13.9. The standard InChI is InChI=1S/C63H74N2O/c1-13-45-30-31-47(44(11)59-52(40(4)5)36-48(37-53(59)41(6)7)46-23-17-16-18-24-46)35-54(45)49-25-19-21-27-55(49)63(15-3)57(62(63,12)14-2)38-58-64(42(8)9)33-34-65(58,39-64)60-43(10)29-32-51-50-26-20-22-28-56(50)66-61(51)60/h16-34,36-38,40-42,44,47,58H,13-15,35,39H2,1-12H3/q+2. The van der Waals surface area contributed by atoms with Gasteiger partial charge in [-0.1, -0.05) is 165 Å². The first-order chi connectivity index (χ1) is 31.7. The van der Waals surface area contributed by atoms with Crippen LogP contribution < -0.4 is 4.48 Å². The predicted molar refractivity (Wildman–Crippen MR) is 281 cm³/mol. The summed E-state index contributed by atoms with van der Waals surface area (Å²) in [7, 11) is 0. The maximum atomic E-state index is 6.85. The van der Waals surface area contributed by atoms with Crippen LogP contribution in [-0.2, 0) is 5.41 Å².